The van der Waals surface area contributed by atoms with Crippen molar-refractivity contribution in [2.24, 2.45) is 10.1 Å². The number of carbonyl (C=O) groups is 1. The lowest BCUT2D eigenvalue weighted by molar-refractivity contribution is 0.0997. The second kappa shape index (κ2) is 6.94. The summed E-state index contributed by atoms with van der Waals surface area (Å²) >= 11 is 1.25. The molecule has 1 aromatic heterocycles. The van der Waals surface area contributed by atoms with Gasteiger partial charge in [0.2, 0.25) is 10.0 Å². The average molecular weight is 391 g/mol. The third-order valence-corrected chi connectivity index (χ3v) is 5.44. The highest BCUT2D eigenvalue weighted by atomic mass is 32.2. The number of sulfonamides is 1. The third kappa shape index (κ3) is 3.79. The van der Waals surface area contributed by atoms with Crippen LogP contribution in [-0.4, -0.2) is 18.9 Å². The first-order valence-corrected chi connectivity index (χ1v) is 9.83. The smallest absolute Gasteiger partial charge is 0.279 e. The molecule has 0 fully saturated rings. The SMILES string of the molecule is Cc1csc(=NC(=O)c2cccc(F)c2)n1-c1ccc(S(N)(=O)=O)cc1. The first-order valence-electron chi connectivity index (χ1n) is 7.41. The monoisotopic (exact) mass is 391 g/mol. The van der Waals surface area contributed by atoms with Gasteiger partial charge in [0, 0.05) is 22.3 Å². The number of thiazole rings is 1. The number of benzene rings is 2. The van der Waals surface area contributed by atoms with Gasteiger partial charge in [0.15, 0.2) is 4.80 Å². The van der Waals surface area contributed by atoms with Gasteiger partial charge < -0.3 is 0 Å². The van der Waals surface area contributed by atoms with E-state index in [1.807, 2.05) is 12.3 Å². The molecular weight excluding hydrogens is 377 g/mol. The van der Waals surface area contributed by atoms with E-state index in [-0.39, 0.29) is 10.5 Å². The van der Waals surface area contributed by atoms with Gasteiger partial charge >= 0.3 is 0 Å². The van der Waals surface area contributed by atoms with E-state index in [0.29, 0.717) is 10.5 Å². The molecule has 134 valence electrons. The summed E-state index contributed by atoms with van der Waals surface area (Å²) in [4.78, 5) is 16.8. The Kier molecular flexibility index (Phi) is 4.86. The van der Waals surface area contributed by atoms with Crippen molar-refractivity contribution in [1.29, 1.82) is 0 Å². The fourth-order valence-corrected chi connectivity index (χ4v) is 3.73. The normalized spacial score (nSPS) is 12.3. The summed E-state index contributed by atoms with van der Waals surface area (Å²) in [7, 11) is -3.79. The van der Waals surface area contributed by atoms with E-state index in [0.717, 1.165) is 11.8 Å². The zero-order valence-electron chi connectivity index (χ0n) is 13.6. The second-order valence-electron chi connectivity index (χ2n) is 5.46. The van der Waals surface area contributed by atoms with E-state index in [1.54, 1.807) is 16.7 Å². The molecule has 0 bridgehead atoms. The summed E-state index contributed by atoms with van der Waals surface area (Å²) in [5.74, 6) is -1.08. The molecule has 0 aliphatic rings. The molecule has 0 saturated carbocycles. The van der Waals surface area contributed by atoms with E-state index in [9.17, 15) is 17.6 Å². The highest BCUT2D eigenvalue weighted by Crippen LogP contribution is 2.15. The van der Waals surface area contributed by atoms with Gasteiger partial charge in [-0.2, -0.15) is 4.99 Å². The number of carbonyl (C=O) groups excluding carboxylic acids is 1. The van der Waals surface area contributed by atoms with Crippen molar-refractivity contribution in [1.82, 2.24) is 4.57 Å². The summed E-state index contributed by atoms with van der Waals surface area (Å²) in [6.07, 6.45) is 0. The average Bonchev–Trinajstić information content (AvgIpc) is 2.94. The summed E-state index contributed by atoms with van der Waals surface area (Å²) < 4.78 is 37.7. The van der Waals surface area contributed by atoms with E-state index < -0.39 is 21.7 Å². The van der Waals surface area contributed by atoms with E-state index in [2.05, 4.69) is 4.99 Å². The highest BCUT2D eigenvalue weighted by Gasteiger charge is 2.11. The Morgan fingerprint density at radius 2 is 1.88 bits per heavy atom. The van der Waals surface area contributed by atoms with Gasteiger partial charge in [-0.15, -0.1) is 11.3 Å². The number of primary sulfonamides is 1. The molecule has 0 atom stereocenters. The minimum atomic E-state index is -3.79. The van der Waals surface area contributed by atoms with Crippen LogP contribution < -0.4 is 9.94 Å². The molecule has 0 spiro atoms. The lowest BCUT2D eigenvalue weighted by atomic mass is 10.2. The molecule has 0 radical (unpaired) electrons. The Morgan fingerprint density at radius 1 is 1.19 bits per heavy atom. The minimum absolute atomic E-state index is 0.0101. The Hall–Kier alpha value is -2.62. The molecule has 0 aliphatic carbocycles. The number of hydrogen-bond donors (Lipinski definition) is 1. The highest BCUT2D eigenvalue weighted by molar-refractivity contribution is 7.89. The van der Waals surface area contributed by atoms with E-state index in [4.69, 9.17) is 5.14 Å². The molecule has 0 aliphatic heterocycles. The van der Waals surface area contributed by atoms with Crippen LogP contribution in [0.4, 0.5) is 4.39 Å². The topological polar surface area (TPSA) is 94.5 Å². The van der Waals surface area contributed by atoms with Crippen molar-refractivity contribution < 1.29 is 17.6 Å². The fraction of sp³-hybridized carbons (Fsp3) is 0.0588. The zero-order valence-corrected chi connectivity index (χ0v) is 15.2. The Balaban J connectivity index is 2.06. The maximum Gasteiger partial charge on any atom is 0.279 e. The van der Waals surface area contributed by atoms with Crippen molar-refractivity contribution in [3.63, 3.8) is 0 Å². The van der Waals surface area contributed by atoms with Crippen LogP contribution in [0.5, 0.6) is 0 Å². The Bertz CT molecular complexity index is 1150. The van der Waals surface area contributed by atoms with Gasteiger partial charge in [0.1, 0.15) is 5.82 Å². The van der Waals surface area contributed by atoms with Crippen LogP contribution in [0.25, 0.3) is 5.69 Å². The summed E-state index contributed by atoms with van der Waals surface area (Å²) in [5.41, 5.74) is 1.58. The van der Waals surface area contributed by atoms with E-state index >= 15 is 0 Å². The first-order chi connectivity index (χ1) is 12.3. The molecule has 0 saturated heterocycles. The number of nitrogens with zero attached hydrogens (tertiary/aromatic N) is 2. The van der Waals surface area contributed by atoms with Gasteiger partial charge in [0.05, 0.1) is 4.90 Å². The lowest BCUT2D eigenvalue weighted by Gasteiger charge is -2.07. The largest absolute Gasteiger partial charge is 0.290 e. The molecule has 26 heavy (non-hydrogen) atoms. The zero-order chi connectivity index (χ0) is 18.9. The van der Waals surface area contributed by atoms with Crippen LogP contribution in [-0.2, 0) is 10.0 Å². The van der Waals surface area contributed by atoms with Crippen molar-refractivity contribution in [2.45, 2.75) is 11.8 Å². The Morgan fingerprint density at radius 3 is 2.50 bits per heavy atom. The van der Waals surface area contributed by atoms with Crippen LogP contribution in [0.15, 0.2) is 63.8 Å². The van der Waals surface area contributed by atoms with Crippen molar-refractivity contribution in [2.75, 3.05) is 0 Å². The van der Waals surface area contributed by atoms with Crippen LogP contribution in [0.1, 0.15) is 16.1 Å². The van der Waals surface area contributed by atoms with Gasteiger partial charge in [-0.25, -0.2) is 17.9 Å². The molecule has 3 aromatic rings. The van der Waals surface area contributed by atoms with Crippen molar-refractivity contribution >= 4 is 27.3 Å². The fourth-order valence-electron chi connectivity index (χ4n) is 2.34. The predicted molar refractivity (Wildman–Crippen MR) is 96.0 cm³/mol. The van der Waals surface area contributed by atoms with Gasteiger partial charge in [0.25, 0.3) is 5.91 Å². The summed E-state index contributed by atoms with van der Waals surface area (Å²) in [6, 6.07) is 11.2. The Labute approximate surface area is 153 Å². The quantitative estimate of drug-likeness (QED) is 0.743. The molecule has 3 rings (SSSR count). The maximum absolute atomic E-state index is 13.3. The molecule has 2 aromatic carbocycles. The van der Waals surface area contributed by atoms with Crippen LogP contribution in [0.3, 0.4) is 0 Å². The second-order valence-corrected chi connectivity index (χ2v) is 7.86. The molecule has 9 heteroatoms. The number of nitrogens with two attached hydrogens (primary N) is 1. The molecule has 2 N–H and O–H groups in total. The predicted octanol–water partition coefficient (Wildman–Crippen LogP) is 2.37. The standard InChI is InChI=1S/C17H14FN3O3S2/c1-11-10-25-17(20-16(22)12-3-2-4-13(18)9-12)21(11)14-5-7-15(8-6-14)26(19,23)24/h2-10H,1H3,(H2,19,23,24). The van der Waals surface area contributed by atoms with E-state index in [1.165, 1.54) is 41.7 Å². The minimum Gasteiger partial charge on any atom is -0.290 e. The number of amides is 1. The van der Waals surface area contributed by atoms with Crippen LogP contribution in [0.2, 0.25) is 0 Å². The number of aromatic nitrogens is 1. The number of hydrogen-bond acceptors (Lipinski definition) is 4. The summed E-state index contributed by atoms with van der Waals surface area (Å²) in [5, 5.41) is 6.91. The summed E-state index contributed by atoms with van der Waals surface area (Å²) in [6.45, 7) is 1.83. The molecular formula is C17H14FN3O3S2. The van der Waals surface area contributed by atoms with Crippen LogP contribution >= 0.6 is 11.3 Å². The van der Waals surface area contributed by atoms with Crippen molar-refractivity contribution in [3.8, 4) is 5.69 Å². The third-order valence-electron chi connectivity index (χ3n) is 3.57. The molecule has 0 unspecified atom stereocenters. The van der Waals surface area contributed by atoms with Crippen molar-refractivity contribution in [3.05, 3.63) is 75.8 Å². The molecule has 1 amide bonds. The lowest BCUT2D eigenvalue weighted by Crippen LogP contribution is -2.17. The number of rotatable bonds is 3. The molecule has 6 nitrogen and oxygen atoms in total. The molecule has 1 heterocycles. The number of aryl methyl sites for hydroxylation is 1. The van der Waals surface area contributed by atoms with Gasteiger partial charge in [-0.3, -0.25) is 9.36 Å². The van der Waals surface area contributed by atoms with Crippen LogP contribution in [0, 0.1) is 12.7 Å². The van der Waals surface area contributed by atoms with Gasteiger partial charge in [-0.1, -0.05) is 6.07 Å². The van der Waals surface area contributed by atoms with Gasteiger partial charge in [-0.05, 0) is 49.4 Å². The first kappa shape index (κ1) is 18.2. The number of halogens is 1. The maximum atomic E-state index is 13.3.